The van der Waals surface area contributed by atoms with Crippen LogP contribution in [-0.2, 0) is 5.41 Å². The Hall–Kier alpha value is -3.46. The van der Waals surface area contributed by atoms with Crippen LogP contribution in [0.15, 0.2) is 109 Å². The second-order valence-electron chi connectivity index (χ2n) is 15.5. The summed E-state index contributed by atoms with van der Waals surface area (Å²) in [5.74, 6) is 2.28. The van der Waals surface area contributed by atoms with Crippen molar-refractivity contribution in [3.63, 3.8) is 0 Å². The van der Waals surface area contributed by atoms with Crippen LogP contribution in [-0.4, -0.2) is 18.1 Å². The highest BCUT2D eigenvalue weighted by molar-refractivity contribution is 5.91. The first-order valence-electron chi connectivity index (χ1n) is 16.9. The lowest BCUT2D eigenvalue weighted by Crippen LogP contribution is -2.65. The molecule has 0 aromatic heterocycles. The maximum atomic E-state index is 4.29. The van der Waals surface area contributed by atoms with Crippen molar-refractivity contribution in [2.75, 3.05) is 0 Å². The fourth-order valence-electron chi connectivity index (χ4n) is 10.1. The van der Waals surface area contributed by atoms with Crippen molar-refractivity contribution in [3.05, 3.63) is 126 Å². The molecule has 0 spiro atoms. The van der Waals surface area contributed by atoms with E-state index in [1.54, 1.807) is 0 Å². The molecular formula is C42H44N2. The lowest BCUT2D eigenvalue weighted by atomic mass is 9.74. The number of fused-ring (bicyclic) bond motifs is 8. The lowest BCUT2D eigenvalue weighted by Gasteiger charge is -2.46. The minimum absolute atomic E-state index is 0.0508. The topological polar surface area (TPSA) is 24.1 Å². The average Bonchev–Trinajstić information content (AvgIpc) is 3.42. The van der Waals surface area contributed by atoms with Crippen LogP contribution in [0.3, 0.4) is 0 Å². The Kier molecular flexibility index (Phi) is 5.82. The summed E-state index contributed by atoms with van der Waals surface area (Å²) in [5, 5.41) is 11.2. The van der Waals surface area contributed by atoms with Crippen LogP contribution < -0.4 is 10.6 Å². The quantitative estimate of drug-likeness (QED) is 0.297. The molecule has 1 heterocycles. The molecule has 5 aliphatic carbocycles. The van der Waals surface area contributed by atoms with E-state index in [4.69, 9.17) is 0 Å². The molecule has 44 heavy (non-hydrogen) atoms. The molecule has 0 radical (unpaired) electrons. The van der Waals surface area contributed by atoms with Crippen LogP contribution in [0.5, 0.6) is 0 Å². The summed E-state index contributed by atoms with van der Waals surface area (Å²) < 4.78 is 0. The number of hydrogen-bond acceptors (Lipinski definition) is 2. The molecule has 2 heteroatoms. The van der Waals surface area contributed by atoms with Gasteiger partial charge in [-0.2, -0.15) is 0 Å². The summed E-state index contributed by atoms with van der Waals surface area (Å²) in [6.07, 6.45) is 23.4. The number of allylic oxidation sites excluding steroid dienone is 10. The standard InChI is InChI=1S/C42H44N2/c1-41(2)35-15-8-7-13-33(35)37-39(41)44-38-34-21-20-29(24-36(34)42(3,4)40(38)43-37)27-16-17-28-23-30(19-18-26(28)22-27)32-14-9-11-25-10-5-6-12-31(25)32/h5-6,8-12,14-25,31,33,35,37-40,43-44H,7,13H2,1-4H3. The van der Waals surface area contributed by atoms with Crippen LogP contribution in [0.1, 0.15) is 63.3 Å². The summed E-state index contributed by atoms with van der Waals surface area (Å²) in [6, 6.07) is 23.1. The fraction of sp³-hybridized carbons (Fsp3) is 0.381. The Morgan fingerprint density at radius 3 is 2.30 bits per heavy atom. The lowest BCUT2D eigenvalue weighted by molar-refractivity contribution is 0.135. The summed E-state index contributed by atoms with van der Waals surface area (Å²) in [7, 11) is 0. The Balaban J connectivity index is 1.03. The molecule has 0 bridgehead atoms. The molecule has 8 unspecified atom stereocenters. The third-order valence-electron chi connectivity index (χ3n) is 12.5. The number of rotatable bonds is 2. The number of piperazine rings is 1. The number of hydrogen-bond donors (Lipinski definition) is 2. The summed E-state index contributed by atoms with van der Waals surface area (Å²) in [4.78, 5) is 0. The van der Waals surface area contributed by atoms with Gasteiger partial charge in [0, 0.05) is 41.4 Å². The Bertz CT molecular complexity index is 1830. The normalized spacial score (nSPS) is 35.0. The zero-order valence-electron chi connectivity index (χ0n) is 26.4. The Morgan fingerprint density at radius 2 is 1.43 bits per heavy atom. The van der Waals surface area contributed by atoms with Gasteiger partial charge < -0.3 is 10.6 Å². The molecule has 1 saturated carbocycles. The van der Waals surface area contributed by atoms with Crippen molar-refractivity contribution >= 4 is 16.3 Å². The van der Waals surface area contributed by atoms with Gasteiger partial charge in [-0.1, -0.05) is 125 Å². The predicted octanol–water partition coefficient (Wildman–Crippen LogP) is 9.07. The SMILES string of the molecule is CC1(C)c2cc(-c3ccc4cc(C5=CC=CC6C=CC=CC56)ccc4c3)ccc2C2NC3C(NC21)C1CCC=CC1C3(C)C. The molecule has 2 N–H and O–H groups in total. The zero-order chi connectivity index (χ0) is 29.8. The highest BCUT2D eigenvalue weighted by Crippen LogP contribution is 2.56. The van der Waals surface area contributed by atoms with Gasteiger partial charge in [0.15, 0.2) is 0 Å². The zero-order valence-corrected chi connectivity index (χ0v) is 26.4. The summed E-state index contributed by atoms with van der Waals surface area (Å²) in [6.45, 7) is 9.92. The van der Waals surface area contributed by atoms with Crippen molar-refractivity contribution < 1.29 is 0 Å². The van der Waals surface area contributed by atoms with Crippen LogP contribution >= 0.6 is 0 Å². The van der Waals surface area contributed by atoms with E-state index in [2.05, 4.69) is 148 Å². The molecule has 8 atom stereocenters. The highest BCUT2D eigenvalue weighted by Gasteiger charge is 2.61. The number of nitrogens with one attached hydrogen (secondary N) is 2. The van der Waals surface area contributed by atoms with Gasteiger partial charge in [0.25, 0.3) is 0 Å². The molecule has 1 saturated heterocycles. The summed E-state index contributed by atoms with van der Waals surface area (Å²) >= 11 is 0. The third-order valence-corrected chi connectivity index (χ3v) is 12.5. The molecule has 9 rings (SSSR count). The van der Waals surface area contributed by atoms with Gasteiger partial charge in [0.05, 0.1) is 0 Å². The van der Waals surface area contributed by atoms with Gasteiger partial charge in [0.2, 0.25) is 0 Å². The van der Waals surface area contributed by atoms with Gasteiger partial charge in [-0.05, 0) is 86.4 Å². The van der Waals surface area contributed by atoms with E-state index >= 15 is 0 Å². The average molecular weight is 577 g/mol. The maximum Gasteiger partial charge on any atom is 0.0490 e. The molecule has 0 amide bonds. The van der Waals surface area contributed by atoms with Crippen LogP contribution in [0.4, 0.5) is 0 Å². The van der Waals surface area contributed by atoms with E-state index in [1.165, 1.54) is 57.0 Å². The maximum absolute atomic E-state index is 4.29. The van der Waals surface area contributed by atoms with Crippen LogP contribution in [0.2, 0.25) is 0 Å². The minimum Gasteiger partial charge on any atom is -0.307 e. The van der Waals surface area contributed by atoms with Crippen molar-refractivity contribution in [2.45, 2.75) is 70.1 Å². The Labute approximate surface area is 262 Å². The fourth-order valence-corrected chi connectivity index (χ4v) is 10.1. The summed E-state index contributed by atoms with van der Waals surface area (Å²) in [5.41, 5.74) is 8.65. The molecule has 3 aromatic carbocycles. The molecule has 3 aromatic rings. The second-order valence-corrected chi connectivity index (χ2v) is 15.5. The van der Waals surface area contributed by atoms with Crippen LogP contribution in [0, 0.1) is 29.1 Å². The third kappa shape index (κ3) is 3.80. The van der Waals surface area contributed by atoms with E-state index in [0.29, 0.717) is 41.9 Å². The molecule has 2 nitrogen and oxygen atoms in total. The van der Waals surface area contributed by atoms with E-state index in [0.717, 1.165) is 5.92 Å². The van der Waals surface area contributed by atoms with Gasteiger partial charge in [-0.3, -0.25) is 0 Å². The van der Waals surface area contributed by atoms with Crippen molar-refractivity contribution in [2.24, 2.45) is 29.1 Å². The molecule has 1 aliphatic heterocycles. The van der Waals surface area contributed by atoms with Gasteiger partial charge in [0.1, 0.15) is 0 Å². The monoisotopic (exact) mass is 576 g/mol. The van der Waals surface area contributed by atoms with Crippen molar-refractivity contribution in [3.8, 4) is 11.1 Å². The molecule has 6 aliphatic rings. The minimum atomic E-state index is 0.0508. The highest BCUT2D eigenvalue weighted by atomic mass is 15.2. The van der Waals surface area contributed by atoms with Gasteiger partial charge in [-0.15, -0.1) is 0 Å². The smallest absolute Gasteiger partial charge is 0.0490 e. The second kappa shape index (κ2) is 9.52. The Morgan fingerprint density at radius 1 is 0.705 bits per heavy atom. The van der Waals surface area contributed by atoms with E-state index in [-0.39, 0.29) is 10.8 Å². The van der Waals surface area contributed by atoms with Gasteiger partial charge >= 0.3 is 0 Å². The first-order valence-corrected chi connectivity index (χ1v) is 16.9. The first-order chi connectivity index (χ1) is 21.3. The molecular weight excluding hydrogens is 532 g/mol. The first kappa shape index (κ1) is 26.9. The largest absolute Gasteiger partial charge is 0.307 e. The van der Waals surface area contributed by atoms with E-state index in [1.807, 2.05) is 0 Å². The molecule has 222 valence electrons. The predicted molar refractivity (Wildman–Crippen MR) is 184 cm³/mol. The van der Waals surface area contributed by atoms with Crippen LogP contribution in [0.25, 0.3) is 27.5 Å². The van der Waals surface area contributed by atoms with Crippen molar-refractivity contribution in [1.82, 2.24) is 10.6 Å². The van der Waals surface area contributed by atoms with E-state index < -0.39 is 0 Å². The number of benzene rings is 3. The van der Waals surface area contributed by atoms with Gasteiger partial charge in [-0.25, -0.2) is 0 Å². The van der Waals surface area contributed by atoms with E-state index in [9.17, 15) is 0 Å². The van der Waals surface area contributed by atoms with Crippen molar-refractivity contribution in [1.29, 1.82) is 0 Å². The molecule has 2 fully saturated rings.